The van der Waals surface area contributed by atoms with Crippen molar-refractivity contribution in [1.82, 2.24) is 0 Å². The van der Waals surface area contributed by atoms with E-state index >= 15 is 0 Å². The van der Waals surface area contributed by atoms with E-state index in [2.05, 4.69) is 0 Å². The summed E-state index contributed by atoms with van der Waals surface area (Å²) in [5, 5.41) is 8.72. The van der Waals surface area contributed by atoms with Crippen LogP contribution in [0.5, 0.6) is 0 Å². The van der Waals surface area contributed by atoms with Crippen LogP contribution in [0.15, 0.2) is 24.3 Å². The minimum Gasteiger partial charge on any atom is -0.407 e. The van der Waals surface area contributed by atoms with Crippen molar-refractivity contribution >= 4 is 15.7 Å². The van der Waals surface area contributed by atoms with Gasteiger partial charge in [-0.3, -0.25) is 0 Å². The number of benzene rings is 1. The molecule has 0 bridgehead atoms. The summed E-state index contributed by atoms with van der Waals surface area (Å²) in [4.78, 5) is 0. The zero-order valence-electron chi connectivity index (χ0n) is 7.34. The molecule has 12 heavy (non-hydrogen) atoms. The second-order valence-corrected chi connectivity index (χ2v) is 3.62. The fourth-order valence-corrected chi connectivity index (χ4v) is 1.10. The zero-order valence-corrected chi connectivity index (χ0v) is 7.34. The van der Waals surface area contributed by atoms with E-state index in [4.69, 9.17) is 0 Å². The molecule has 0 aliphatic rings. The van der Waals surface area contributed by atoms with Gasteiger partial charge in [0.15, 0.2) is 0 Å². The number of rotatable bonds is 2. The molecule has 0 amide bonds. The third-order valence-electron chi connectivity index (χ3n) is 1.55. The second-order valence-electron chi connectivity index (χ2n) is 3.62. The first kappa shape index (κ1) is 9.33. The number of aliphatic hydroxyl groups is 1. The summed E-state index contributed by atoms with van der Waals surface area (Å²) in [6, 6.07) is 6.18. The fraction of sp³-hybridized carbons (Fsp3) is 0.250. The standard InChI is InChI=1S/C8H11B2FO/c9-8(10,12)5-6-1-3-7(11)4-2-6/h1-4,12H,5,9-10H2. The molecule has 1 rings (SSSR count). The Hall–Kier alpha value is -0.760. The van der Waals surface area contributed by atoms with Gasteiger partial charge in [-0.25, -0.2) is 4.39 Å². The molecule has 0 spiro atoms. The van der Waals surface area contributed by atoms with Crippen molar-refractivity contribution < 1.29 is 9.50 Å². The number of hydrogen-bond donors (Lipinski definition) is 1. The van der Waals surface area contributed by atoms with E-state index in [0.717, 1.165) is 5.56 Å². The molecule has 1 aromatic carbocycles. The summed E-state index contributed by atoms with van der Waals surface area (Å²) in [6.07, 6.45) is 0.549. The molecule has 0 radical (unpaired) electrons. The minimum absolute atomic E-state index is 0.241. The maximum atomic E-state index is 12.5. The maximum absolute atomic E-state index is 12.5. The van der Waals surface area contributed by atoms with E-state index in [1.165, 1.54) is 12.1 Å². The third kappa shape index (κ3) is 3.09. The highest BCUT2D eigenvalue weighted by Gasteiger charge is 2.13. The molecule has 0 atom stereocenters. The fourth-order valence-electron chi connectivity index (χ4n) is 1.10. The molecule has 1 aromatic rings. The Kier molecular flexibility index (Phi) is 2.58. The topological polar surface area (TPSA) is 20.2 Å². The average Bonchev–Trinajstić information content (AvgIpc) is 1.91. The number of hydrogen-bond acceptors (Lipinski definition) is 1. The maximum Gasteiger partial charge on any atom is 0.132 e. The van der Waals surface area contributed by atoms with Crippen LogP contribution in [0.4, 0.5) is 4.39 Å². The van der Waals surface area contributed by atoms with E-state index in [1.54, 1.807) is 27.8 Å². The van der Waals surface area contributed by atoms with E-state index in [1.807, 2.05) is 0 Å². The molecule has 62 valence electrons. The molecule has 1 nitrogen and oxygen atoms in total. The summed E-state index contributed by atoms with van der Waals surface area (Å²) in [6.45, 7) is 0. The largest absolute Gasteiger partial charge is 0.407 e. The normalized spacial score (nSPS) is 11.5. The predicted molar refractivity (Wildman–Crippen MR) is 52.1 cm³/mol. The van der Waals surface area contributed by atoms with E-state index in [9.17, 15) is 9.50 Å². The van der Waals surface area contributed by atoms with Crippen molar-refractivity contribution in [3.05, 3.63) is 35.6 Å². The first-order chi connectivity index (χ1) is 5.47. The summed E-state index contributed by atoms with van der Waals surface area (Å²) in [5.74, 6) is -0.241. The van der Waals surface area contributed by atoms with E-state index < -0.39 is 5.40 Å². The van der Waals surface area contributed by atoms with Gasteiger partial charge in [0.25, 0.3) is 0 Å². The Balaban J connectivity index is 2.71. The molecule has 0 aromatic heterocycles. The Morgan fingerprint density at radius 1 is 1.25 bits per heavy atom. The van der Waals surface area contributed by atoms with Crippen LogP contribution >= 0.6 is 0 Å². The molecular formula is C8H11B2FO. The quantitative estimate of drug-likeness (QED) is 0.571. The van der Waals surface area contributed by atoms with Crippen LogP contribution in [0.3, 0.4) is 0 Å². The van der Waals surface area contributed by atoms with Crippen molar-refractivity contribution in [3.8, 4) is 0 Å². The molecule has 0 unspecified atom stereocenters. The van der Waals surface area contributed by atoms with Gasteiger partial charge in [0.05, 0.1) is 0 Å². The van der Waals surface area contributed by atoms with E-state index in [0.29, 0.717) is 6.42 Å². The lowest BCUT2D eigenvalue weighted by molar-refractivity contribution is 0.214. The van der Waals surface area contributed by atoms with Crippen LogP contribution in [0.1, 0.15) is 5.56 Å². The van der Waals surface area contributed by atoms with Gasteiger partial charge in [-0.05, 0) is 24.1 Å². The first-order valence-corrected chi connectivity index (χ1v) is 3.94. The Morgan fingerprint density at radius 3 is 2.17 bits per heavy atom. The van der Waals surface area contributed by atoms with Gasteiger partial charge < -0.3 is 5.11 Å². The smallest absolute Gasteiger partial charge is 0.132 e. The summed E-state index contributed by atoms with van der Waals surface area (Å²) < 4.78 is 12.5. The highest BCUT2D eigenvalue weighted by atomic mass is 19.1. The van der Waals surface area contributed by atoms with Crippen LogP contribution in [0, 0.1) is 5.82 Å². The molecular weight excluding hydrogens is 153 g/mol. The molecule has 0 heterocycles. The van der Waals surface area contributed by atoms with Crippen LogP contribution in [0.25, 0.3) is 0 Å². The van der Waals surface area contributed by atoms with Crippen molar-refractivity contribution in [2.75, 3.05) is 0 Å². The Labute approximate surface area is 73.4 Å². The van der Waals surface area contributed by atoms with Crippen LogP contribution in [-0.2, 0) is 6.42 Å². The molecule has 0 saturated heterocycles. The van der Waals surface area contributed by atoms with Gasteiger partial charge in [0.2, 0.25) is 0 Å². The highest BCUT2D eigenvalue weighted by molar-refractivity contribution is 6.38. The summed E-state index contributed by atoms with van der Waals surface area (Å²) >= 11 is 0. The SMILES string of the molecule is BC(B)(O)Cc1ccc(F)cc1. The van der Waals surface area contributed by atoms with Crippen LogP contribution in [0.2, 0.25) is 0 Å². The Morgan fingerprint density at radius 2 is 1.75 bits per heavy atom. The lowest BCUT2D eigenvalue weighted by Crippen LogP contribution is -2.31. The highest BCUT2D eigenvalue weighted by Crippen LogP contribution is 2.08. The van der Waals surface area contributed by atoms with Gasteiger partial charge in [-0.1, -0.05) is 12.1 Å². The van der Waals surface area contributed by atoms with Crippen LogP contribution < -0.4 is 0 Å². The minimum atomic E-state index is -0.724. The molecule has 0 aliphatic heterocycles. The molecule has 0 aliphatic carbocycles. The number of halogens is 1. The van der Waals surface area contributed by atoms with Crippen molar-refractivity contribution in [2.45, 2.75) is 11.8 Å². The van der Waals surface area contributed by atoms with Crippen LogP contribution in [-0.4, -0.2) is 26.2 Å². The van der Waals surface area contributed by atoms with Gasteiger partial charge in [0.1, 0.15) is 21.5 Å². The average molecular weight is 164 g/mol. The lowest BCUT2D eigenvalue weighted by Gasteiger charge is -2.16. The molecule has 4 heteroatoms. The Bertz CT molecular complexity index is 253. The summed E-state index contributed by atoms with van der Waals surface area (Å²) in [7, 11) is 3.46. The van der Waals surface area contributed by atoms with Crippen molar-refractivity contribution in [2.24, 2.45) is 0 Å². The first-order valence-electron chi connectivity index (χ1n) is 3.94. The van der Waals surface area contributed by atoms with Crippen molar-refractivity contribution in [3.63, 3.8) is 0 Å². The lowest BCUT2D eigenvalue weighted by atomic mass is 9.62. The second kappa shape index (κ2) is 3.31. The van der Waals surface area contributed by atoms with Gasteiger partial charge in [-0.2, -0.15) is 0 Å². The zero-order chi connectivity index (χ0) is 9.19. The van der Waals surface area contributed by atoms with Gasteiger partial charge >= 0.3 is 0 Å². The third-order valence-corrected chi connectivity index (χ3v) is 1.55. The molecule has 1 N–H and O–H groups in total. The van der Waals surface area contributed by atoms with Gasteiger partial charge in [-0.15, -0.1) is 0 Å². The molecule has 0 saturated carbocycles. The molecule has 0 fully saturated rings. The monoisotopic (exact) mass is 164 g/mol. The predicted octanol–water partition coefficient (Wildman–Crippen LogP) is -0.720. The van der Waals surface area contributed by atoms with Gasteiger partial charge in [0, 0.05) is 5.40 Å². The van der Waals surface area contributed by atoms with Crippen molar-refractivity contribution in [1.29, 1.82) is 0 Å². The van der Waals surface area contributed by atoms with E-state index in [-0.39, 0.29) is 5.82 Å². The summed E-state index contributed by atoms with van der Waals surface area (Å²) in [5.41, 5.74) is 0.948.